The lowest BCUT2D eigenvalue weighted by Gasteiger charge is -2.10. The zero-order valence-electron chi connectivity index (χ0n) is 11.9. The number of hydrogen-bond acceptors (Lipinski definition) is 2. The average molecular weight is 333 g/mol. The van der Waals surface area contributed by atoms with Crippen LogP contribution in [0.5, 0.6) is 5.75 Å². The molecule has 0 bridgehead atoms. The summed E-state index contributed by atoms with van der Waals surface area (Å²) < 4.78 is 6.24. The van der Waals surface area contributed by atoms with Gasteiger partial charge in [-0.3, -0.25) is 4.79 Å². The van der Waals surface area contributed by atoms with Gasteiger partial charge in [0.25, 0.3) is 0 Å². The van der Waals surface area contributed by atoms with Crippen molar-refractivity contribution in [2.24, 2.45) is 0 Å². The summed E-state index contributed by atoms with van der Waals surface area (Å²) in [6, 6.07) is 11.7. The van der Waals surface area contributed by atoms with E-state index in [0.29, 0.717) is 17.7 Å². The second kappa shape index (κ2) is 6.23. The molecule has 0 spiro atoms. The van der Waals surface area contributed by atoms with Crippen LogP contribution in [0, 0.1) is 13.8 Å². The molecule has 3 heteroatoms. The van der Waals surface area contributed by atoms with E-state index in [1.165, 1.54) is 5.56 Å². The first-order chi connectivity index (χ1) is 9.51. The number of carbonyl (C=O) groups is 1. The zero-order chi connectivity index (χ0) is 14.7. The molecule has 104 valence electrons. The predicted octanol–water partition coefficient (Wildman–Crippen LogP) is 4.50. The minimum atomic E-state index is 0.0615. The molecule has 2 nitrogen and oxygen atoms in total. The van der Waals surface area contributed by atoms with Crippen molar-refractivity contribution in [2.75, 3.05) is 7.11 Å². The molecular formula is C17H17BrO2. The highest BCUT2D eigenvalue weighted by Gasteiger charge is 2.14. The first-order valence-electron chi connectivity index (χ1n) is 6.44. The van der Waals surface area contributed by atoms with Crippen LogP contribution in [0.15, 0.2) is 40.9 Å². The Balaban J connectivity index is 2.29. The highest BCUT2D eigenvalue weighted by molar-refractivity contribution is 9.10. The summed E-state index contributed by atoms with van der Waals surface area (Å²) >= 11 is 3.46. The van der Waals surface area contributed by atoms with Gasteiger partial charge in [0.1, 0.15) is 5.75 Å². The van der Waals surface area contributed by atoms with Gasteiger partial charge in [0.2, 0.25) is 0 Å². The maximum absolute atomic E-state index is 12.4. The number of aryl methyl sites for hydroxylation is 2. The Hall–Kier alpha value is -1.61. The molecule has 0 saturated heterocycles. The maximum atomic E-state index is 12.4. The molecule has 0 fully saturated rings. The van der Waals surface area contributed by atoms with Crippen molar-refractivity contribution in [3.8, 4) is 5.75 Å². The van der Waals surface area contributed by atoms with Gasteiger partial charge in [-0.15, -0.1) is 0 Å². The van der Waals surface area contributed by atoms with Crippen LogP contribution in [-0.2, 0) is 6.42 Å². The van der Waals surface area contributed by atoms with Crippen LogP contribution < -0.4 is 4.74 Å². The number of benzene rings is 2. The summed E-state index contributed by atoms with van der Waals surface area (Å²) in [5.74, 6) is 0.689. The van der Waals surface area contributed by atoms with Crippen molar-refractivity contribution in [1.29, 1.82) is 0 Å². The molecule has 0 heterocycles. The molecule has 0 unspecified atom stereocenters. The van der Waals surface area contributed by atoms with Gasteiger partial charge in [-0.2, -0.15) is 0 Å². The SMILES string of the molecule is COc1cc(C)c(Br)cc1C(=O)Cc1ccc(C)cc1. The van der Waals surface area contributed by atoms with Gasteiger partial charge >= 0.3 is 0 Å². The molecule has 20 heavy (non-hydrogen) atoms. The standard InChI is InChI=1S/C17H17BrO2/c1-11-4-6-13(7-5-11)9-16(19)14-10-15(18)12(2)8-17(14)20-3/h4-8,10H,9H2,1-3H3. The zero-order valence-corrected chi connectivity index (χ0v) is 13.5. The minimum Gasteiger partial charge on any atom is -0.496 e. The number of hydrogen-bond donors (Lipinski definition) is 0. The summed E-state index contributed by atoms with van der Waals surface area (Å²) in [5, 5.41) is 0. The van der Waals surface area contributed by atoms with Gasteiger partial charge in [-0.25, -0.2) is 0 Å². The Morgan fingerprint density at radius 3 is 2.40 bits per heavy atom. The van der Waals surface area contributed by atoms with Crippen molar-refractivity contribution in [2.45, 2.75) is 20.3 Å². The average Bonchev–Trinajstić information content (AvgIpc) is 2.43. The first kappa shape index (κ1) is 14.8. The summed E-state index contributed by atoms with van der Waals surface area (Å²) in [5.41, 5.74) is 3.87. The predicted molar refractivity (Wildman–Crippen MR) is 84.6 cm³/mol. The molecule has 0 amide bonds. The Morgan fingerprint density at radius 2 is 1.80 bits per heavy atom. The number of Topliss-reactive ketones (excluding diaryl/α,β-unsaturated/α-hetero) is 1. The number of carbonyl (C=O) groups excluding carboxylic acids is 1. The molecule has 0 radical (unpaired) electrons. The molecule has 2 aromatic rings. The van der Waals surface area contributed by atoms with E-state index in [1.54, 1.807) is 7.11 Å². The van der Waals surface area contributed by atoms with Crippen molar-refractivity contribution in [3.63, 3.8) is 0 Å². The normalized spacial score (nSPS) is 10.4. The molecule has 0 N–H and O–H groups in total. The molecule has 0 atom stereocenters. The highest BCUT2D eigenvalue weighted by Crippen LogP contribution is 2.28. The van der Waals surface area contributed by atoms with E-state index in [2.05, 4.69) is 15.9 Å². The molecule has 0 aliphatic heterocycles. The quantitative estimate of drug-likeness (QED) is 0.770. The van der Waals surface area contributed by atoms with Crippen LogP contribution >= 0.6 is 15.9 Å². The topological polar surface area (TPSA) is 26.3 Å². The van der Waals surface area contributed by atoms with E-state index in [-0.39, 0.29) is 5.78 Å². The van der Waals surface area contributed by atoms with Crippen LogP contribution in [0.3, 0.4) is 0 Å². The fourth-order valence-corrected chi connectivity index (χ4v) is 2.37. The van der Waals surface area contributed by atoms with E-state index < -0.39 is 0 Å². The van der Waals surface area contributed by atoms with Gasteiger partial charge < -0.3 is 4.74 Å². The van der Waals surface area contributed by atoms with Crippen LogP contribution in [0.2, 0.25) is 0 Å². The van der Waals surface area contributed by atoms with Crippen molar-refractivity contribution in [1.82, 2.24) is 0 Å². The number of rotatable bonds is 4. The number of methoxy groups -OCH3 is 1. The monoisotopic (exact) mass is 332 g/mol. The fraction of sp³-hybridized carbons (Fsp3) is 0.235. The van der Waals surface area contributed by atoms with Gasteiger partial charge in [0.05, 0.1) is 12.7 Å². The molecule has 0 aliphatic rings. The van der Waals surface area contributed by atoms with Gasteiger partial charge in [0, 0.05) is 10.9 Å². The lowest BCUT2D eigenvalue weighted by Crippen LogP contribution is -2.06. The maximum Gasteiger partial charge on any atom is 0.170 e. The summed E-state index contributed by atoms with van der Waals surface area (Å²) in [6.45, 7) is 4.01. The minimum absolute atomic E-state index is 0.0615. The van der Waals surface area contributed by atoms with Gasteiger partial charge in [-0.1, -0.05) is 45.8 Å². The largest absolute Gasteiger partial charge is 0.496 e. The molecule has 0 saturated carbocycles. The van der Waals surface area contributed by atoms with Crippen LogP contribution in [0.4, 0.5) is 0 Å². The summed E-state index contributed by atoms with van der Waals surface area (Å²) in [4.78, 5) is 12.4. The van der Waals surface area contributed by atoms with Crippen molar-refractivity contribution in [3.05, 3.63) is 63.1 Å². The van der Waals surface area contributed by atoms with Crippen molar-refractivity contribution < 1.29 is 9.53 Å². The highest BCUT2D eigenvalue weighted by atomic mass is 79.9. The molecule has 2 aromatic carbocycles. The fourth-order valence-electron chi connectivity index (χ4n) is 2.03. The summed E-state index contributed by atoms with van der Waals surface area (Å²) in [6.07, 6.45) is 0.381. The number of halogens is 1. The third-order valence-electron chi connectivity index (χ3n) is 3.27. The van der Waals surface area contributed by atoms with E-state index in [1.807, 2.05) is 50.2 Å². The number of ketones is 1. The Bertz CT molecular complexity index is 630. The van der Waals surface area contributed by atoms with Crippen LogP contribution in [0.1, 0.15) is 27.0 Å². The Morgan fingerprint density at radius 1 is 1.15 bits per heavy atom. The van der Waals surface area contributed by atoms with Crippen molar-refractivity contribution >= 4 is 21.7 Å². The van der Waals surface area contributed by atoms with Crippen LogP contribution in [0.25, 0.3) is 0 Å². The van der Waals surface area contributed by atoms with E-state index >= 15 is 0 Å². The van der Waals surface area contributed by atoms with E-state index in [9.17, 15) is 4.79 Å². The second-order valence-corrected chi connectivity index (χ2v) is 5.74. The number of ether oxygens (including phenoxy) is 1. The van der Waals surface area contributed by atoms with Gasteiger partial charge in [0.15, 0.2) is 5.78 Å². The lowest BCUT2D eigenvalue weighted by molar-refractivity contribution is 0.0990. The third kappa shape index (κ3) is 3.28. The molecular weight excluding hydrogens is 316 g/mol. The first-order valence-corrected chi connectivity index (χ1v) is 7.23. The second-order valence-electron chi connectivity index (χ2n) is 4.89. The van der Waals surface area contributed by atoms with E-state index in [0.717, 1.165) is 15.6 Å². The summed E-state index contributed by atoms with van der Waals surface area (Å²) in [7, 11) is 1.59. The lowest BCUT2D eigenvalue weighted by atomic mass is 10.0. The van der Waals surface area contributed by atoms with E-state index in [4.69, 9.17) is 4.74 Å². The molecule has 0 aliphatic carbocycles. The molecule has 2 rings (SSSR count). The third-order valence-corrected chi connectivity index (χ3v) is 4.12. The van der Waals surface area contributed by atoms with Gasteiger partial charge in [-0.05, 0) is 37.1 Å². The molecule has 0 aromatic heterocycles. The van der Waals surface area contributed by atoms with Crippen LogP contribution in [-0.4, -0.2) is 12.9 Å². The Kier molecular flexibility index (Phi) is 4.61. The smallest absolute Gasteiger partial charge is 0.170 e. The Labute approximate surface area is 127 Å².